The van der Waals surface area contributed by atoms with Gasteiger partial charge in [-0.05, 0) is 55.6 Å². The van der Waals surface area contributed by atoms with Gasteiger partial charge in [-0.2, -0.15) is 10.2 Å². The number of aromatic nitrogens is 4. The number of benzene rings is 1. The first-order valence-electron chi connectivity index (χ1n) is 9.60. The number of nitrogens with zero attached hydrogens (tertiary/aromatic N) is 4. The van der Waals surface area contributed by atoms with Gasteiger partial charge in [0, 0.05) is 35.3 Å². The molecule has 0 bridgehead atoms. The Balaban J connectivity index is 1.42. The molecule has 0 unspecified atom stereocenters. The average molecular weight is 424 g/mol. The lowest BCUT2D eigenvalue weighted by Crippen LogP contribution is -2.29. The second kappa shape index (κ2) is 8.23. The number of halogens is 1. The van der Waals surface area contributed by atoms with Crippen LogP contribution in [-0.2, 0) is 13.6 Å². The highest BCUT2D eigenvalue weighted by Gasteiger charge is 2.16. The number of carbonyl (C=O) groups is 1. The van der Waals surface area contributed by atoms with Gasteiger partial charge in [0.05, 0.1) is 17.9 Å². The van der Waals surface area contributed by atoms with E-state index in [1.807, 2.05) is 24.6 Å². The van der Waals surface area contributed by atoms with E-state index < -0.39 is 0 Å². The molecular weight excluding hydrogens is 401 g/mol. The molecule has 6 nitrogen and oxygen atoms in total. The summed E-state index contributed by atoms with van der Waals surface area (Å²) in [6.45, 7) is 5.07. The van der Waals surface area contributed by atoms with E-state index in [9.17, 15) is 9.18 Å². The number of aryl methyl sites for hydroxylation is 2. The number of hydrogen-bond donors (Lipinski definition) is 1. The van der Waals surface area contributed by atoms with Crippen molar-refractivity contribution in [3.8, 4) is 21.7 Å². The molecule has 1 N–H and O–H groups in total. The van der Waals surface area contributed by atoms with Gasteiger partial charge in [-0.25, -0.2) is 4.39 Å². The molecule has 1 amide bonds. The monoisotopic (exact) mass is 423 g/mol. The zero-order chi connectivity index (χ0) is 21.3. The topological polar surface area (TPSA) is 64.7 Å². The summed E-state index contributed by atoms with van der Waals surface area (Å²) in [5, 5.41) is 14.0. The second-order valence-corrected chi connectivity index (χ2v) is 8.00. The van der Waals surface area contributed by atoms with Crippen molar-refractivity contribution in [2.45, 2.75) is 20.4 Å². The summed E-state index contributed by atoms with van der Waals surface area (Å²) in [7, 11) is 1.72. The number of thiophene rings is 1. The fourth-order valence-electron chi connectivity index (χ4n) is 3.50. The summed E-state index contributed by atoms with van der Waals surface area (Å²) >= 11 is 1.69. The van der Waals surface area contributed by atoms with Gasteiger partial charge in [0.1, 0.15) is 11.5 Å². The first-order valence-corrected chi connectivity index (χ1v) is 10.5. The van der Waals surface area contributed by atoms with Crippen molar-refractivity contribution in [2.24, 2.45) is 7.05 Å². The van der Waals surface area contributed by atoms with E-state index in [1.54, 1.807) is 36.6 Å². The molecular formula is C22H22FN5OS. The van der Waals surface area contributed by atoms with Crippen molar-refractivity contribution in [3.63, 3.8) is 0 Å². The molecule has 154 valence electrons. The molecule has 0 aliphatic heterocycles. The van der Waals surface area contributed by atoms with Gasteiger partial charge in [0.25, 0.3) is 5.91 Å². The molecule has 0 atom stereocenters. The summed E-state index contributed by atoms with van der Waals surface area (Å²) in [4.78, 5) is 13.8. The van der Waals surface area contributed by atoms with Crippen molar-refractivity contribution < 1.29 is 9.18 Å². The Hall–Kier alpha value is -3.26. The highest BCUT2D eigenvalue weighted by molar-refractivity contribution is 7.13. The normalized spacial score (nSPS) is 11.1. The van der Waals surface area contributed by atoms with Crippen LogP contribution < -0.4 is 5.32 Å². The maximum atomic E-state index is 13.1. The van der Waals surface area contributed by atoms with Crippen molar-refractivity contribution in [1.29, 1.82) is 0 Å². The van der Waals surface area contributed by atoms with Crippen LogP contribution in [0.25, 0.3) is 21.7 Å². The summed E-state index contributed by atoms with van der Waals surface area (Å²) in [6, 6.07) is 11.9. The predicted octanol–water partition coefficient (Wildman–Crippen LogP) is 4.20. The van der Waals surface area contributed by atoms with Gasteiger partial charge < -0.3 is 5.32 Å². The predicted molar refractivity (Wildman–Crippen MR) is 116 cm³/mol. The van der Waals surface area contributed by atoms with E-state index in [1.165, 1.54) is 21.7 Å². The van der Waals surface area contributed by atoms with Gasteiger partial charge in [-0.15, -0.1) is 11.3 Å². The standard InChI is InChI=1S/C22H22FN5OS/c1-14-21(20-5-4-12-30-20)15(2)28(25-14)11-10-24-22(29)19-13-18(26-27(19)3)16-6-8-17(23)9-7-16/h4-9,12-13H,10-11H2,1-3H3,(H,24,29). The number of hydrogen-bond acceptors (Lipinski definition) is 4. The number of rotatable bonds is 6. The number of amides is 1. The molecule has 0 aliphatic rings. The lowest BCUT2D eigenvalue weighted by Gasteiger charge is -2.07. The van der Waals surface area contributed by atoms with Crippen molar-refractivity contribution in [3.05, 3.63) is 70.7 Å². The Bertz CT molecular complexity index is 1180. The third kappa shape index (κ3) is 3.91. The quantitative estimate of drug-likeness (QED) is 0.506. The van der Waals surface area contributed by atoms with Crippen LogP contribution in [-0.4, -0.2) is 32.0 Å². The zero-order valence-electron chi connectivity index (χ0n) is 17.0. The Kier molecular flexibility index (Phi) is 5.50. The summed E-state index contributed by atoms with van der Waals surface area (Å²) in [5.74, 6) is -0.516. The van der Waals surface area contributed by atoms with Gasteiger partial charge >= 0.3 is 0 Å². The molecule has 0 fully saturated rings. The minimum absolute atomic E-state index is 0.210. The van der Waals surface area contributed by atoms with E-state index in [2.05, 4.69) is 27.0 Å². The largest absolute Gasteiger partial charge is 0.349 e. The van der Waals surface area contributed by atoms with Gasteiger partial charge in [-0.3, -0.25) is 14.2 Å². The molecule has 30 heavy (non-hydrogen) atoms. The maximum absolute atomic E-state index is 13.1. The summed E-state index contributed by atoms with van der Waals surface area (Å²) in [5.41, 5.74) is 5.06. The molecule has 8 heteroatoms. The smallest absolute Gasteiger partial charge is 0.269 e. The molecule has 3 heterocycles. The molecule has 0 saturated heterocycles. The number of nitrogens with one attached hydrogen (secondary N) is 1. The van der Waals surface area contributed by atoms with Crippen LogP contribution in [0.2, 0.25) is 0 Å². The Morgan fingerprint density at radius 1 is 1.17 bits per heavy atom. The molecule has 3 aromatic heterocycles. The van der Waals surface area contributed by atoms with Crippen LogP contribution in [0.4, 0.5) is 4.39 Å². The molecule has 0 radical (unpaired) electrons. The Morgan fingerprint density at radius 3 is 2.63 bits per heavy atom. The maximum Gasteiger partial charge on any atom is 0.269 e. The summed E-state index contributed by atoms with van der Waals surface area (Å²) < 4.78 is 16.6. The van der Waals surface area contributed by atoms with Crippen LogP contribution >= 0.6 is 11.3 Å². The van der Waals surface area contributed by atoms with Crippen molar-refractivity contribution >= 4 is 17.2 Å². The van der Waals surface area contributed by atoms with E-state index in [-0.39, 0.29) is 11.7 Å². The Labute approximate surface area is 178 Å². The average Bonchev–Trinajstić information content (AvgIpc) is 3.43. The highest BCUT2D eigenvalue weighted by Crippen LogP contribution is 2.30. The Morgan fingerprint density at radius 2 is 1.93 bits per heavy atom. The lowest BCUT2D eigenvalue weighted by atomic mass is 10.1. The SMILES string of the molecule is Cc1nn(CCNC(=O)c2cc(-c3ccc(F)cc3)nn2C)c(C)c1-c1cccs1. The van der Waals surface area contributed by atoms with Crippen LogP contribution in [0, 0.1) is 19.7 Å². The fraction of sp³-hybridized carbons (Fsp3) is 0.227. The lowest BCUT2D eigenvalue weighted by molar-refractivity contribution is 0.0942. The van der Waals surface area contributed by atoms with E-state index >= 15 is 0 Å². The van der Waals surface area contributed by atoms with Gasteiger partial charge in [0.2, 0.25) is 0 Å². The first kappa shape index (κ1) is 20.0. The number of carbonyl (C=O) groups excluding carboxylic acids is 1. The van der Waals surface area contributed by atoms with E-state index in [0.717, 1.165) is 22.5 Å². The minimum Gasteiger partial charge on any atom is -0.349 e. The molecule has 4 aromatic rings. The molecule has 0 spiro atoms. The molecule has 0 aliphatic carbocycles. The minimum atomic E-state index is -0.306. The van der Waals surface area contributed by atoms with Crippen LogP contribution in [0.15, 0.2) is 47.8 Å². The summed E-state index contributed by atoms with van der Waals surface area (Å²) in [6.07, 6.45) is 0. The van der Waals surface area contributed by atoms with E-state index in [0.29, 0.717) is 24.5 Å². The molecule has 4 rings (SSSR count). The highest BCUT2D eigenvalue weighted by atomic mass is 32.1. The fourth-order valence-corrected chi connectivity index (χ4v) is 4.37. The second-order valence-electron chi connectivity index (χ2n) is 7.05. The van der Waals surface area contributed by atoms with Crippen LogP contribution in [0.5, 0.6) is 0 Å². The molecule has 1 aromatic carbocycles. The van der Waals surface area contributed by atoms with Crippen LogP contribution in [0.1, 0.15) is 21.9 Å². The van der Waals surface area contributed by atoms with Crippen molar-refractivity contribution in [1.82, 2.24) is 24.9 Å². The first-order chi connectivity index (χ1) is 14.4. The third-order valence-corrected chi connectivity index (χ3v) is 5.90. The van der Waals surface area contributed by atoms with Crippen molar-refractivity contribution in [2.75, 3.05) is 6.54 Å². The van der Waals surface area contributed by atoms with E-state index in [4.69, 9.17) is 0 Å². The van der Waals surface area contributed by atoms with Gasteiger partial charge in [-0.1, -0.05) is 6.07 Å². The van der Waals surface area contributed by atoms with Crippen LogP contribution in [0.3, 0.4) is 0 Å². The third-order valence-electron chi connectivity index (χ3n) is 5.01. The zero-order valence-corrected chi connectivity index (χ0v) is 17.8. The molecule has 0 saturated carbocycles. The van der Waals surface area contributed by atoms with Gasteiger partial charge in [0.15, 0.2) is 0 Å².